The molecule has 0 aliphatic carbocycles. The van der Waals surface area contributed by atoms with Gasteiger partial charge in [-0.1, -0.05) is 0 Å². The number of benzene rings is 1. The van der Waals surface area contributed by atoms with E-state index in [1.807, 2.05) is 0 Å². The molecule has 1 heterocycles. The molecular formula is C11H11F2N3O. The van der Waals surface area contributed by atoms with Gasteiger partial charge in [-0.25, -0.2) is 8.78 Å². The highest BCUT2D eigenvalue weighted by Crippen LogP contribution is 2.20. The molecule has 3 N–H and O–H groups in total. The normalized spacial score (nSPS) is 10.5. The first-order valence-electron chi connectivity index (χ1n) is 5.05. The Morgan fingerprint density at radius 2 is 2.18 bits per heavy atom. The first kappa shape index (κ1) is 11.5. The third-order valence-corrected chi connectivity index (χ3v) is 2.12. The maximum absolute atomic E-state index is 13.3. The van der Waals surface area contributed by atoms with Crippen LogP contribution in [0.4, 0.5) is 20.5 Å². The first-order valence-corrected chi connectivity index (χ1v) is 5.05. The maximum atomic E-state index is 13.3. The first-order chi connectivity index (χ1) is 8.19. The van der Waals surface area contributed by atoms with Gasteiger partial charge in [-0.2, -0.15) is 4.98 Å². The monoisotopic (exact) mass is 239 g/mol. The van der Waals surface area contributed by atoms with Crippen molar-refractivity contribution < 1.29 is 13.2 Å². The molecule has 1 aromatic carbocycles. The van der Waals surface area contributed by atoms with Crippen molar-refractivity contribution in [3.63, 3.8) is 0 Å². The maximum Gasteiger partial charge on any atom is 0.299 e. The van der Waals surface area contributed by atoms with Gasteiger partial charge in [-0.05, 0) is 18.7 Å². The second-order valence-electron chi connectivity index (χ2n) is 3.43. The fourth-order valence-corrected chi connectivity index (χ4v) is 1.33. The summed E-state index contributed by atoms with van der Waals surface area (Å²) in [6.45, 7) is 0.455. The van der Waals surface area contributed by atoms with Crippen molar-refractivity contribution >= 4 is 11.7 Å². The lowest BCUT2D eigenvalue weighted by atomic mass is 10.3. The molecule has 6 heteroatoms. The van der Waals surface area contributed by atoms with E-state index in [0.717, 1.165) is 12.1 Å². The van der Waals surface area contributed by atoms with E-state index in [0.29, 0.717) is 18.7 Å². The predicted molar refractivity (Wildman–Crippen MR) is 58.9 cm³/mol. The van der Waals surface area contributed by atoms with Gasteiger partial charge < -0.3 is 15.5 Å². The number of hydrogen-bond acceptors (Lipinski definition) is 4. The lowest BCUT2D eigenvalue weighted by Gasteiger charge is -2.02. The number of halogens is 2. The second kappa shape index (κ2) is 4.92. The smallest absolute Gasteiger partial charge is 0.299 e. The summed E-state index contributed by atoms with van der Waals surface area (Å²) >= 11 is 0. The van der Waals surface area contributed by atoms with Gasteiger partial charge in [0.05, 0.1) is 11.4 Å². The van der Waals surface area contributed by atoms with Crippen molar-refractivity contribution in [2.45, 2.75) is 6.42 Å². The molecule has 0 bridgehead atoms. The Balaban J connectivity index is 2.13. The molecule has 0 aliphatic heterocycles. The number of nitrogens with two attached hydrogens (primary N) is 1. The summed E-state index contributed by atoms with van der Waals surface area (Å²) in [5.74, 6) is -1.34. The SMILES string of the molecule is NCCc1coc(Nc2ccc(F)cc2F)n1. The summed E-state index contributed by atoms with van der Waals surface area (Å²) in [7, 11) is 0. The summed E-state index contributed by atoms with van der Waals surface area (Å²) in [4.78, 5) is 4.04. The number of aromatic nitrogens is 1. The number of oxazole rings is 1. The number of hydrogen-bond donors (Lipinski definition) is 2. The fourth-order valence-electron chi connectivity index (χ4n) is 1.33. The zero-order valence-electron chi connectivity index (χ0n) is 8.91. The van der Waals surface area contributed by atoms with Crippen molar-refractivity contribution in [1.29, 1.82) is 0 Å². The number of nitrogens with one attached hydrogen (secondary N) is 1. The average molecular weight is 239 g/mol. The van der Waals surface area contributed by atoms with Gasteiger partial charge in [0.25, 0.3) is 6.01 Å². The third-order valence-electron chi connectivity index (χ3n) is 2.12. The van der Waals surface area contributed by atoms with Crippen LogP contribution in [-0.4, -0.2) is 11.5 Å². The van der Waals surface area contributed by atoms with Crippen molar-refractivity contribution in [1.82, 2.24) is 4.98 Å². The molecule has 4 nitrogen and oxygen atoms in total. The second-order valence-corrected chi connectivity index (χ2v) is 3.43. The standard InChI is InChI=1S/C11H11F2N3O/c12-7-1-2-10(9(13)5-7)16-11-15-8(3-4-14)6-17-11/h1-2,5-6H,3-4,14H2,(H,15,16). The lowest BCUT2D eigenvalue weighted by Crippen LogP contribution is -2.03. The molecule has 0 fully saturated rings. The quantitative estimate of drug-likeness (QED) is 0.858. The van der Waals surface area contributed by atoms with Gasteiger partial charge >= 0.3 is 0 Å². The molecule has 17 heavy (non-hydrogen) atoms. The number of anilines is 2. The topological polar surface area (TPSA) is 64.1 Å². The highest BCUT2D eigenvalue weighted by Gasteiger charge is 2.07. The minimum atomic E-state index is -0.705. The molecule has 1 aromatic heterocycles. The van der Waals surface area contributed by atoms with E-state index in [2.05, 4.69) is 10.3 Å². The Bertz CT molecular complexity index is 513. The lowest BCUT2D eigenvalue weighted by molar-refractivity contribution is 0.568. The molecule has 2 aromatic rings. The summed E-state index contributed by atoms with van der Waals surface area (Å²) in [5.41, 5.74) is 6.14. The van der Waals surface area contributed by atoms with E-state index in [1.54, 1.807) is 0 Å². The Hall–Kier alpha value is -1.95. The molecule has 0 atom stereocenters. The van der Waals surface area contributed by atoms with Gasteiger partial charge in [0.1, 0.15) is 17.9 Å². The Morgan fingerprint density at radius 3 is 2.88 bits per heavy atom. The molecule has 0 saturated carbocycles. The third kappa shape index (κ3) is 2.79. The van der Waals surface area contributed by atoms with E-state index in [-0.39, 0.29) is 11.7 Å². The molecule has 2 rings (SSSR count). The van der Waals surface area contributed by atoms with E-state index in [1.165, 1.54) is 12.3 Å². The minimum absolute atomic E-state index is 0.104. The summed E-state index contributed by atoms with van der Waals surface area (Å²) in [6, 6.07) is 3.36. The van der Waals surface area contributed by atoms with Crippen LogP contribution < -0.4 is 11.1 Å². The fraction of sp³-hybridized carbons (Fsp3) is 0.182. The van der Waals surface area contributed by atoms with Crippen LogP contribution in [0.25, 0.3) is 0 Å². The molecule has 0 aliphatic rings. The molecule has 0 saturated heterocycles. The van der Waals surface area contributed by atoms with E-state index in [4.69, 9.17) is 10.2 Å². The number of nitrogens with zero attached hydrogens (tertiary/aromatic N) is 1. The van der Waals surface area contributed by atoms with Crippen molar-refractivity contribution in [3.8, 4) is 0 Å². The van der Waals surface area contributed by atoms with Crippen molar-refractivity contribution in [3.05, 3.63) is 41.8 Å². The van der Waals surface area contributed by atoms with Gasteiger partial charge in [-0.3, -0.25) is 0 Å². The molecule has 0 radical (unpaired) electrons. The van der Waals surface area contributed by atoms with Crippen LogP contribution in [0.2, 0.25) is 0 Å². The highest BCUT2D eigenvalue weighted by atomic mass is 19.1. The van der Waals surface area contributed by atoms with Crippen LogP contribution in [-0.2, 0) is 6.42 Å². The Morgan fingerprint density at radius 1 is 1.35 bits per heavy atom. The zero-order chi connectivity index (χ0) is 12.3. The summed E-state index contributed by atoms with van der Waals surface area (Å²) < 4.78 is 31.0. The minimum Gasteiger partial charge on any atom is -0.432 e. The number of rotatable bonds is 4. The van der Waals surface area contributed by atoms with Gasteiger partial charge in [0.15, 0.2) is 0 Å². The zero-order valence-corrected chi connectivity index (χ0v) is 8.91. The van der Waals surface area contributed by atoms with Crippen molar-refractivity contribution in [2.75, 3.05) is 11.9 Å². The van der Waals surface area contributed by atoms with Crippen LogP contribution in [0.3, 0.4) is 0 Å². The van der Waals surface area contributed by atoms with Gasteiger partial charge in [0.2, 0.25) is 0 Å². The Kier molecular flexibility index (Phi) is 3.34. The van der Waals surface area contributed by atoms with Crippen molar-refractivity contribution in [2.24, 2.45) is 5.73 Å². The van der Waals surface area contributed by atoms with Crippen LogP contribution in [0.1, 0.15) is 5.69 Å². The summed E-state index contributed by atoms with van der Waals surface area (Å²) in [5, 5.41) is 2.62. The predicted octanol–water partition coefficient (Wildman–Crippen LogP) is 2.20. The molecule has 0 unspecified atom stereocenters. The van der Waals surface area contributed by atoms with E-state index < -0.39 is 11.6 Å². The van der Waals surface area contributed by atoms with E-state index in [9.17, 15) is 8.78 Å². The summed E-state index contributed by atoms with van der Waals surface area (Å²) in [6.07, 6.45) is 2.02. The average Bonchev–Trinajstić information content (AvgIpc) is 2.71. The highest BCUT2D eigenvalue weighted by molar-refractivity contribution is 5.52. The van der Waals surface area contributed by atoms with Crippen LogP contribution in [0.15, 0.2) is 28.9 Å². The molecule has 0 spiro atoms. The van der Waals surface area contributed by atoms with Crippen LogP contribution in [0, 0.1) is 11.6 Å². The molecule has 0 amide bonds. The van der Waals surface area contributed by atoms with Gasteiger partial charge in [-0.15, -0.1) is 0 Å². The van der Waals surface area contributed by atoms with Gasteiger partial charge in [0, 0.05) is 12.5 Å². The van der Waals surface area contributed by atoms with Crippen LogP contribution in [0.5, 0.6) is 0 Å². The van der Waals surface area contributed by atoms with E-state index >= 15 is 0 Å². The molecule has 90 valence electrons. The molecular weight excluding hydrogens is 228 g/mol. The Labute approximate surface area is 96.5 Å². The van der Waals surface area contributed by atoms with Crippen LogP contribution >= 0.6 is 0 Å². The largest absolute Gasteiger partial charge is 0.432 e.